The van der Waals surface area contributed by atoms with Crippen LogP contribution in [0.25, 0.3) is 0 Å². The fourth-order valence-electron chi connectivity index (χ4n) is 2.15. The molecular weight excluding hydrogens is 277 g/mol. The van der Waals surface area contributed by atoms with Gasteiger partial charge in [-0.3, -0.25) is 0 Å². The van der Waals surface area contributed by atoms with Crippen LogP contribution in [0.2, 0.25) is 0 Å². The van der Waals surface area contributed by atoms with E-state index in [4.69, 9.17) is 11.6 Å². The minimum Gasteiger partial charge on any atom is -0.354 e. The normalized spacial score (nSPS) is 16.2. The topological polar surface area (TPSA) is 16.1 Å². The lowest BCUT2D eigenvalue weighted by atomic mass is 9.91. The van der Waals surface area contributed by atoms with E-state index in [-0.39, 0.29) is 0 Å². The number of aromatic nitrogens is 1. The number of hydrogen-bond acceptors (Lipinski definition) is 2. The number of rotatable bonds is 5. The van der Waals surface area contributed by atoms with Gasteiger partial charge >= 0.3 is 6.18 Å². The number of anilines is 1. The van der Waals surface area contributed by atoms with Crippen molar-refractivity contribution in [3.63, 3.8) is 0 Å². The molecule has 0 spiro atoms. The first-order valence-corrected chi connectivity index (χ1v) is 6.92. The van der Waals surface area contributed by atoms with Gasteiger partial charge in [0.15, 0.2) is 0 Å². The molecule has 1 fully saturated rings. The minimum absolute atomic E-state index is 0.305. The highest BCUT2D eigenvalue weighted by atomic mass is 35.5. The molecule has 2 nitrogen and oxygen atoms in total. The summed E-state index contributed by atoms with van der Waals surface area (Å²) in [6.45, 7) is 0.655. The third-order valence-electron chi connectivity index (χ3n) is 3.37. The molecule has 1 aromatic heterocycles. The van der Waals surface area contributed by atoms with Crippen molar-refractivity contribution in [2.75, 3.05) is 17.3 Å². The van der Waals surface area contributed by atoms with Gasteiger partial charge in [-0.1, -0.05) is 6.07 Å². The van der Waals surface area contributed by atoms with Crippen LogP contribution in [0.4, 0.5) is 19.0 Å². The summed E-state index contributed by atoms with van der Waals surface area (Å²) in [7, 11) is 0. The molecule has 0 bridgehead atoms. The predicted octanol–water partition coefficient (Wildman–Crippen LogP) is 4.09. The summed E-state index contributed by atoms with van der Waals surface area (Å²) in [4.78, 5) is 5.72. The second kappa shape index (κ2) is 5.99. The van der Waals surface area contributed by atoms with E-state index in [2.05, 4.69) is 4.98 Å². The van der Waals surface area contributed by atoms with Crippen molar-refractivity contribution in [2.24, 2.45) is 0 Å². The first-order chi connectivity index (χ1) is 9.02. The molecule has 1 aromatic rings. The fourth-order valence-corrected chi connectivity index (χ4v) is 2.27. The highest BCUT2D eigenvalue weighted by Gasteiger charge is 2.33. The average molecular weight is 293 g/mol. The molecule has 0 radical (unpaired) electrons. The van der Waals surface area contributed by atoms with Crippen molar-refractivity contribution in [1.29, 1.82) is 0 Å². The molecular formula is C13H16ClF3N2. The molecule has 1 saturated carbocycles. The third kappa shape index (κ3) is 3.53. The van der Waals surface area contributed by atoms with Gasteiger partial charge in [0.2, 0.25) is 0 Å². The molecule has 0 aliphatic heterocycles. The zero-order valence-corrected chi connectivity index (χ0v) is 11.2. The van der Waals surface area contributed by atoms with E-state index < -0.39 is 11.9 Å². The molecule has 106 valence electrons. The lowest BCUT2D eigenvalue weighted by Gasteiger charge is -2.38. The largest absolute Gasteiger partial charge is 0.433 e. The van der Waals surface area contributed by atoms with Crippen LogP contribution in [0.5, 0.6) is 0 Å². The van der Waals surface area contributed by atoms with E-state index in [1.54, 1.807) is 6.07 Å². The van der Waals surface area contributed by atoms with Crippen molar-refractivity contribution in [3.05, 3.63) is 23.9 Å². The summed E-state index contributed by atoms with van der Waals surface area (Å²) in [5, 5.41) is 0. The summed E-state index contributed by atoms with van der Waals surface area (Å²) >= 11 is 5.68. The van der Waals surface area contributed by atoms with E-state index in [0.29, 0.717) is 24.3 Å². The van der Waals surface area contributed by atoms with Gasteiger partial charge in [0.05, 0.1) is 0 Å². The standard InChI is InChI=1S/C13H16ClF3N2/c14-8-3-9-19(10-4-1-5-10)12-7-2-6-11(18-12)13(15,16)17/h2,6-7,10H,1,3-5,8-9H2. The first-order valence-electron chi connectivity index (χ1n) is 6.39. The Morgan fingerprint density at radius 3 is 2.58 bits per heavy atom. The van der Waals surface area contributed by atoms with Crippen LogP contribution in [0.15, 0.2) is 18.2 Å². The molecule has 0 unspecified atom stereocenters. The van der Waals surface area contributed by atoms with Crippen LogP contribution < -0.4 is 4.90 Å². The van der Waals surface area contributed by atoms with E-state index >= 15 is 0 Å². The molecule has 0 amide bonds. The third-order valence-corrected chi connectivity index (χ3v) is 3.63. The summed E-state index contributed by atoms with van der Waals surface area (Å²) in [6, 6.07) is 4.36. The number of nitrogens with zero attached hydrogens (tertiary/aromatic N) is 2. The maximum atomic E-state index is 12.7. The number of halogens is 4. The second-order valence-electron chi connectivity index (χ2n) is 4.70. The van der Waals surface area contributed by atoms with Gasteiger partial charge in [-0.15, -0.1) is 11.6 Å². The fraction of sp³-hybridized carbons (Fsp3) is 0.615. The van der Waals surface area contributed by atoms with Crippen molar-refractivity contribution in [3.8, 4) is 0 Å². The number of alkyl halides is 4. The van der Waals surface area contributed by atoms with Gasteiger partial charge in [0.25, 0.3) is 0 Å². The summed E-state index contributed by atoms with van der Waals surface area (Å²) in [5.41, 5.74) is -0.833. The maximum Gasteiger partial charge on any atom is 0.433 e. The second-order valence-corrected chi connectivity index (χ2v) is 5.08. The average Bonchev–Trinajstić information content (AvgIpc) is 2.31. The molecule has 1 aliphatic rings. The molecule has 2 rings (SSSR count). The Kier molecular flexibility index (Phi) is 4.55. The van der Waals surface area contributed by atoms with Gasteiger partial charge in [0.1, 0.15) is 11.5 Å². The molecule has 0 saturated heterocycles. The monoisotopic (exact) mass is 292 g/mol. The van der Waals surface area contributed by atoms with Gasteiger partial charge in [-0.05, 0) is 37.8 Å². The Labute approximate surface area is 115 Å². The summed E-state index contributed by atoms with van der Waals surface area (Å²) in [6.07, 6.45) is -0.495. The molecule has 19 heavy (non-hydrogen) atoms. The first kappa shape index (κ1) is 14.4. The Morgan fingerprint density at radius 2 is 2.05 bits per heavy atom. The Hall–Kier alpha value is -0.970. The lowest BCUT2D eigenvalue weighted by Crippen LogP contribution is -2.41. The van der Waals surface area contributed by atoms with Gasteiger partial charge < -0.3 is 4.90 Å². The summed E-state index contributed by atoms with van der Waals surface area (Å²) < 4.78 is 38.0. The van der Waals surface area contributed by atoms with Crippen molar-refractivity contribution >= 4 is 17.4 Å². The SMILES string of the molecule is FC(F)(F)c1cccc(N(CCCCl)C2CCC2)n1. The van der Waals surface area contributed by atoms with E-state index in [1.807, 2.05) is 4.90 Å². The maximum absolute atomic E-state index is 12.7. The lowest BCUT2D eigenvalue weighted by molar-refractivity contribution is -0.141. The van der Waals surface area contributed by atoms with Crippen molar-refractivity contribution in [1.82, 2.24) is 4.98 Å². The molecule has 0 aromatic carbocycles. The van der Waals surface area contributed by atoms with E-state index in [1.165, 1.54) is 6.07 Å². The molecule has 6 heteroatoms. The molecule has 1 aliphatic carbocycles. The van der Waals surface area contributed by atoms with Gasteiger partial charge in [0, 0.05) is 18.5 Å². The highest BCUT2D eigenvalue weighted by Crippen LogP contribution is 2.32. The Balaban J connectivity index is 2.20. The van der Waals surface area contributed by atoms with Crippen LogP contribution in [-0.2, 0) is 6.18 Å². The van der Waals surface area contributed by atoms with Gasteiger partial charge in [-0.2, -0.15) is 13.2 Å². The van der Waals surface area contributed by atoms with Crippen LogP contribution in [0.1, 0.15) is 31.4 Å². The zero-order valence-electron chi connectivity index (χ0n) is 10.5. The quantitative estimate of drug-likeness (QED) is 0.760. The molecule has 0 atom stereocenters. The smallest absolute Gasteiger partial charge is 0.354 e. The number of pyridine rings is 1. The molecule has 1 heterocycles. The number of hydrogen-bond donors (Lipinski definition) is 0. The van der Waals surface area contributed by atoms with E-state index in [0.717, 1.165) is 31.7 Å². The Bertz CT molecular complexity index is 419. The zero-order chi connectivity index (χ0) is 13.9. The van der Waals surface area contributed by atoms with Crippen LogP contribution >= 0.6 is 11.6 Å². The van der Waals surface area contributed by atoms with Crippen LogP contribution in [0.3, 0.4) is 0 Å². The van der Waals surface area contributed by atoms with Crippen LogP contribution in [0, 0.1) is 0 Å². The van der Waals surface area contributed by atoms with Gasteiger partial charge in [-0.25, -0.2) is 4.98 Å². The highest BCUT2D eigenvalue weighted by molar-refractivity contribution is 6.17. The Morgan fingerprint density at radius 1 is 1.32 bits per heavy atom. The summed E-state index contributed by atoms with van der Waals surface area (Å²) in [5.74, 6) is 0.909. The van der Waals surface area contributed by atoms with Crippen molar-refractivity contribution in [2.45, 2.75) is 37.9 Å². The predicted molar refractivity (Wildman–Crippen MR) is 69.6 cm³/mol. The van der Waals surface area contributed by atoms with Crippen molar-refractivity contribution < 1.29 is 13.2 Å². The van der Waals surface area contributed by atoms with E-state index in [9.17, 15) is 13.2 Å². The minimum atomic E-state index is -4.40. The van der Waals surface area contributed by atoms with Crippen LogP contribution in [-0.4, -0.2) is 23.5 Å². The molecule has 0 N–H and O–H groups in total.